The van der Waals surface area contributed by atoms with Crippen molar-refractivity contribution < 1.29 is 9.53 Å². The van der Waals surface area contributed by atoms with E-state index in [9.17, 15) is 4.79 Å². The van der Waals surface area contributed by atoms with Gasteiger partial charge in [-0.1, -0.05) is 41.9 Å². The third-order valence-corrected chi connectivity index (χ3v) is 4.66. The first-order valence-corrected chi connectivity index (χ1v) is 9.77. The SMILES string of the molecule is CC(C)N(CCNC(=O)[C@@H](Oc1ccccc1)c1ccc(Cl)cc1)C(C)C. The van der Waals surface area contributed by atoms with E-state index in [2.05, 4.69) is 37.9 Å². The summed E-state index contributed by atoms with van der Waals surface area (Å²) >= 11 is 5.99. The van der Waals surface area contributed by atoms with Crippen molar-refractivity contribution >= 4 is 17.5 Å². The maximum atomic E-state index is 12.9. The van der Waals surface area contributed by atoms with Gasteiger partial charge in [0.1, 0.15) is 5.75 Å². The molecule has 0 aliphatic carbocycles. The highest BCUT2D eigenvalue weighted by molar-refractivity contribution is 6.30. The van der Waals surface area contributed by atoms with Gasteiger partial charge in [-0.05, 0) is 52.0 Å². The molecule has 0 aliphatic heterocycles. The lowest BCUT2D eigenvalue weighted by atomic mass is 10.1. The van der Waals surface area contributed by atoms with Crippen molar-refractivity contribution in [3.63, 3.8) is 0 Å². The van der Waals surface area contributed by atoms with Crippen LogP contribution in [-0.4, -0.2) is 36.0 Å². The van der Waals surface area contributed by atoms with E-state index in [1.165, 1.54) is 0 Å². The fourth-order valence-corrected chi connectivity index (χ4v) is 3.19. The molecule has 0 bridgehead atoms. The quantitative estimate of drug-likeness (QED) is 0.677. The van der Waals surface area contributed by atoms with Crippen molar-refractivity contribution in [2.75, 3.05) is 13.1 Å². The Bertz CT molecular complexity index is 694. The van der Waals surface area contributed by atoms with Gasteiger partial charge in [0, 0.05) is 35.8 Å². The van der Waals surface area contributed by atoms with Gasteiger partial charge in [0.2, 0.25) is 6.10 Å². The predicted octanol–water partition coefficient (Wildman–Crippen LogP) is 4.70. The van der Waals surface area contributed by atoms with Crippen LogP contribution < -0.4 is 10.1 Å². The van der Waals surface area contributed by atoms with E-state index in [1.54, 1.807) is 12.1 Å². The molecule has 27 heavy (non-hydrogen) atoms. The van der Waals surface area contributed by atoms with Gasteiger partial charge in [-0.25, -0.2) is 0 Å². The first kappa shape index (κ1) is 21.3. The molecule has 4 nitrogen and oxygen atoms in total. The second-order valence-corrected chi connectivity index (χ2v) is 7.52. The van der Waals surface area contributed by atoms with Crippen molar-refractivity contribution in [1.29, 1.82) is 0 Å². The predicted molar refractivity (Wildman–Crippen MR) is 111 cm³/mol. The summed E-state index contributed by atoms with van der Waals surface area (Å²) in [6, 6.07) is 17.4. The van der Waals surface area contributed by atoms with Gasteiger partial charge in [0.15, 0.2) is 0 Å². The second kappa shape index (κ2) is 10.3. The second-order valence-electron chi connectivity index (χ2n) is 7.08. The van der Waals surface area contributed by atoms with Crippen LogP contribution in [0, 0.1) is 0 Å². The normalized spacial score (nSPS) is 12.4. The van der Waals surface area contributed by atoms with Crippen LogP contribution in [0.5, 0.6) is 5.75 Å². The van der Waals surface area contributed by atoms with Crippen LogP contribution in [0.1, 0.15) is 39.4 Å². The number of ether oxygens (including phenoxy) is 1. The average molecular weight is 389 g/mol. The van der Waals surface area contributed by atoms with Crippen LogP contribution in [0.3, 0.4) is 0 Å². The number of halogens is 1. The monoisotopic (exact) mass is 388 g/mol. The standard InChI is InChI=1S/C22H29ClN2O2/c1-16(2)25(17(3)4)15-14-24-22(26)21(18-10-12-19(23)13-11-18)27-20-8-6-5-7-9-20/h5-13,16-17,21H,14-15H2,1-4H3,(H,24,26)/t21-/m0/s1. The highest BCUT2D eigenvalue weighted by Crippen LogP contribution is 2.23. The summed E-state index contributed by atoms with van der Waals surface area (Å²) < 4.78 is 5.99. The number of amides is 1. The van der Waals surface area contributed by atoms with Gasteiger partial charge in [0.25, 0.3) is 5.91 Å². The van der Waals surface area contributed by atoms with E-state index >= 15 is 0 Å². The third kappa shape index (κ3) is 6.56. The summed E-state index contributed by atoms with van der Waals surface area (Å²) in [7, 11) is 0. The molecule has 0 saturated heterocycles. The molecule has 2 rings (SSSR count). The number of benzene rings is 2. The summed E-state index contributed by atoms with van der Waals surface area (Å²) in [5.74, 6) is 0.493. The number of hydrogen-bond acceptors (Lipinski definition) is 3. The molecule has 0 heterocycles. The molecule has 1 N–H and O–H groups in total. The number of hydrogen-bond donors (Lipinski definition) is 1. The molecule has 0 saturated carbocycles. The highest BCUT2D eigenvalue weighted by atomic mass is 35.5. The Labute approximate surface area is 167 Å². The Morgan fingerprint density at radius 3 is 2.15 bits per heavy atom. The molecule has 146 valence electrons. The maximum absolute atomic E-state index is 12.9. The lowest BCUT2D eigenvalue weighted by molar-refractivity contribution is -0.128. The smallest absolute Gasteiger partial charge is 0.265 e. The molecule has 2 aromatic carbocycles. The first-order valence-electron chi connectivity index (χ1n) is 9.39. The van der Waals surface area contributed by atoms with E-state index in [1.807, 2.05) is 42.5 Å². The Balaban J connectivity index is 2.08. The van der Waals surface area contributed by atoms with Crippen LogP contribution >= 0.6 is 11.6 Å². The fraction of sp³-hybridized carbons (Fsp3) is 0.409. The number of carbonyl (C=O) groups excluding carboxylic acids is 1. The zero-order valence-corrected chi connectivity index (χ0v) is 17.2. The first-order chi connectivity index (χ1) is 12.9. The van der Waals surface area contributed by atoms with Crippen LogP contribution in [0.25, 0.3) is 0 Å². The van der Waals surface area contributed by atoms with E-state index in [0.717, 1.165) is 12.1 Å². The van der Waals surface area contributed by atoms with Crippen molar-refractivity contribution in [1.82, 2.24) is 10.2 Å². The van der Waals surface area contributed by atoms with Gasteiger partial charge in [-0.15, -0.1) is 0 Å². The van der Waals surface area contributed by atoms with Crippen molar-refractivity contribution in [3.05, 3.63) is 65.2 Å². The summed E-state index contributed by atoms with van der Waals surface area (Å²) in [5.41, 5.74) is 0.769. The van der Waals surface area contributed by atoms with E-state index in [-0.39, 0.29) is 5.91 Å². The minimum Gasteiger partial charge on any atom is -0.476 e. The van der Waals surface area contributed by atoms with E-state index in [4.69, 9.17) is 16.3 Å². The molecule has 5 heteroatoms. The number of carbonyl (C=O) groups is 1. The van der Waals surface area contributed by atoms with Gasteiger partial charge < -0.3 is 10.1 Å². The minimum absolute atomic E-state index is 0.159. The van der Waals surface area contributed by atoms with E-state index < -0.39 is 6.10 Å². The van der Waals surface area contributed by atoms with Crippen molar-refractivity contribution in [2.45, 2.75) is 45.9 Å². The van der Waals surface area contributed by atoms with E-state index in [0.29, 0.717) is 29.4 Å². The molecule has 0 spiro atoms. The Kier molecular flexibility index (Phi) is 8.14. The molecular formula is C22H29ClN2O2. The molecule has 2 aromatic rings. The molecule has 0 unspecified atom stereocenters. The molecule has 0 aromatic heterocycles. The zero-order valence-electron chi connectivity index (χ0n) is 16.5. The number of rotatable bonds is 9. The highest BCUT2D eigenvalue weighted by Gasteiger charge is 2.23. The molecule has 1 atom stereocenters. The molecule has 0 fully saturated rings. The Morgan fingerprint density at radius 2 is 1.59 bits per heavy atom. The number of nitrogens with one attached hydrogen (secondary N) is 1. The summed E-state index contributed by atoms with van der Waals surface area (Å²) in [6.45, 7) is 10.0. The van der Waals surface area contributed by atoms with Crippen LogP contribution in [0.4, 0.5) is 0 Å². The van der Waals surface area contributed by atoms with Crippen LogP contribution in [0.2, 0.25) is 5.02 Å². The van der Waals surface area contributed by atoms with Gasteiger partial charge in [-0.2, -0.15) is 0 Å². The Hall–Kier alpha value is -2.04. The molecule has 0 radical (unpaired) electrons. The summed E-state index contributed by atoms with van der Waals surface area (Å²) in [5, 5.41) is 3.64. The minimum atomic E-state index is -0.726. The van der Waals surface area contributed by atoms with Gasteiger partial charge >= 0.3 is 0 Å². The van der Waals surface area contributed by atoms with Crippen molar-refractivity contribution in [3.8, 4) is 5.75 Å². The lowest BCUT2D eigenvalue weighted by Crippen LogP contribution is -2.43. The summed E-state index contributed by atoms with van der Waals surface area (Å²) in [4.78, 5) is 15.2. The van der Waals surface area contributed by atoms with Crippen LogP contribution in [-0.2, 0) is 4.79 Å². The molecular weight excluding hydrogens is 360 g/mol. The largest absolute Gasteiger partial charge is 0.476 e. The fourth-order valence-electron chi connectivity index (χ4n) is 3.06. The van der Waals surface area contributed by atoms with Gasteiger partial charge in [0.05, 0.1) is 0 Å². The summed E-state index contributed by atoms with van der Waals surface area (Å²) in [6.07, 6.45) is -0.726. The Morgan fingerprint density at radius 1 is 1.00 bits per heavy atom. The lowest BCUT2D eigenvalue weighted by Gasteiger charge is -2.30. The zero-order chi connectivity index (χ0) is 19.8. The van der Waals surface area contributed by atoms with Gasteiger partial charge in [-0.3, -0.25) is 9.69 Å². The average Bonchev–Trinajstić information content (AvgIpc) is 2.64. The van der Waals surface area contributed by atoms with Crippen LogP contribution in [0.15, 0.2) is 54.6 Å². The maximum Gasteiger partial charge on any atom is 0.265 e. The molecule has 0 aliphatic rings. The number of para-hydroxylation sites is 1. The third-order valence-electron chi connectivity index (χ3n) is 4.40. The number of nitrogens with zero attached hydrogens (tertiary/aromatic N) is 1. The van der Waals surface area contributed by atoms with Crippen molar-refractivity contribution in [2.24, 2.45) is 0 Å². The molecule has 1 amide bonds. The topological polar surface area (TPSA) is 41.6 Å².